The summed E-state index contributed by atoms with van der Waals surface area (Å²) in [6.07, 6.45) is 9.80. The highest BCUT2D eigenvalue weighted by Gasteiger charge is 2.67. The molecule has 2 N–H and O–H groups in total. The first-order chi connectivity index (χ1) is 15.1. The minimum atomic E-state index is -0.793. The van der Waals surface area contributed by atoms with E-state index >= 15 is 0 Å². The largest absolute Gasteiger partial charge is 0.465 e. The lowest BCUT2D eigenvalue weighted by molar-refractivity contribution is -0.206. The molecule has 0 aromatic carbocycles. The number of carbonyl (C=O) groups excluding carboxylic acids is 1. The maximum absolute atomic E-state index is 12.3. The van der Waals surface area contributed by atoms with E-state index in [4.69, 9.17) is 4.74 Å². The molecule has 6 heteroatoms. The number of hydrogen-bond donors (Lipinski definition) is 2. The first-order valence-corrected chi connectivity index (χ1v) is 12.7. The first kappa shape index (κ1) is 22.2. The zero-order valence-electron chi connectivity index (χ0n) is 19.8. The van der Waals surface area contributed by atoms with Crippen LogP contribution in [0.1, 0.15) is 78.6 Å². The van der Waals surface area contributed by atoms with E-state index in [1.807, 2.05) is 6.92 Å². The maximum atomic E-state index is 12.3. The molecule has 1 aliphatic heterocycles. The van der Waals surface area contributed by atoms with E-state index in [0.29, 0.717) is 30.9 Å². The summed E-state index contributed by atoms with van der Waals surface area (Å²) in [5.74, 6) is 1.32. The van der Waals surface area contributed by atoms with E-state index in [-0.39, 0.29) is 28.8 Å². The third-order valence-corrected chi connectivity index (χ3v) is 11.0. The molecule has 8 atom stereocenters. The van der Waals surface area contributed by atoms with Crippen molar-refractivity contribution in [1.29, 1.82) is 0 Å². The van der Waals surface area contributed by atoms with Crippen molar-refractivity contribution in [2.24, 2.45) is 34.5 Å². The Hall–Kier alpha value is -1.56. The number of fused-ring (bicyclic) bond motifs is 5. The van der Waals surface area contributed by atoms with Gasteiger partial charge in [-0.25, -0.2) is 9.59 Å². The fraction of sp³-hybridized carbons (Fsp3) is 0.846. The Labute approximate surface area is 191 Å². The van der Waals surface area contributed by atoms with Gasteiger partial charge in [0.1, 0.15) is 6.61 Å². The highest BCUT2D eigenvalue weighted by atomic mass is 16.5. The molecule has 0 aromatic heterocycles. The Morgan fingerprint density at radius 2 is 1.91 bits per heavy atom. The van der Waals surface area contributed by atoms with Crippen LogP contribution >= 0.6 is 0 Å². The average Bonchev–Trinajstić information content (AvgIpc) is 3.28. The molecule has 4 fully saturated rings. The van der Waals surface area contributed by atoms with Crippen LogP contribution in [0.15, 0.2) is 11.6 Å². The van der Waals surface area contributed by atoms with Crippen molar-refractivity contribution in [3.8, 4) is 0 Å². The second-order valence-electron chi connectivity index (χ2n) is 11.8. The second kappa shape index (κ2) is 7.48. The zero-order valence-corrected chi connectivity index (χ0v) is 19.8. The van der Waals surface area contributed by atoms with Crippen molar-refractivity contribution in [3.05, 3.63) is 11.6 Å². The molecule has 4 saturated carbocycles. The zero-order chi connectivity index (χ0) is 22.9. The van der Waals surface area contributed by atoms with Crippen LogP contribution in [0.5, 0.6) is 0 Å². The van der Waals surface area contributed by atoms with Gasteiger partial charge in [-0.3, -0.25) is 0 Å². The maximum Gasteiger partial charge on any atom is 0.407 e. The standard InChI is InChI=1S/C26H39NO5/c1-4-27(23(29)30)18-7-10-24(2)17(14-18)5-6-21-20(24)8-11-25(3)19(9-12-26(21,25)31)16-13-22(28)32-15-16/h13,17-21,31H,4-12,14-15H2,1-3H3,(H,29,30)/t17-,18+,19-,20+,21-,24+,25-,26+/m1/s1. The molecule has 4 aliphatic carbocycles. The van der Waals surface area contributed by atoms with Gasteiger partial charge < -0.3 is 19.8 Å². The molecule has 32 heavy (non-hydrogen) atoms. The van der Waals surface area contributed by atoms with Gasteiger partial charge in [0.05, 0.1) is 5.60 Å². The Balaban J connectivity index is 1.39. The Kier molecular flexibility index (Phi) is 5.20. The molecule has 0 spiro atoms. The predicted molar refractivity (Wildman–Crippen MR) is 120 cm³/mol. The van der Waals surface area contributed by atoms with Crippen molar-refractivity contribution in [3.63, 3.8) is 0 Å². The average molecular weight is 446 g/mol. The number of nitrogens with zero attached hydrogens (tertiary/aromatic N) is 1. The number of carboxylic acid groups (broad SMARTS) is 1. The number of esters is 1. The molecule has 1 heterocycles. The molecule has 6 nitrogen and oxygen atoms in total. The van der Waals surface area contributed by atoms with Crippen LogP contribution in [0, 0.1) is 34.5 Å². The van der Waals surface area contributed by atoms with Crippen molar-refractivity contribution in [2.75, 3.05) is 13.2 Å². The quantitative estimate of drug-likeness (QED) is 0.620. The van der Waals surface area contributed by atoms with Crippen LogP contribution in [-0.4, -0.2) is 52.0 Å². The third kappa shape index (κ3) is 2.93. The second-order valence-corrected chi connectivity index (χ2v) is 11.8. The van der Waals surface area contributed by atoms with Crippen LogP contribution < -0.4 is 0 Å². The number of amides is 1. The molecule has 5 aliphatic rings. The molecular weight excluding hydrogens is 406 g/mol. The topological polar surface area (TPSA) is 87.1 Å². The van der Waals surface area contributed by atoms with Crippen LogP contribution in [0.25, 0.3) is 0 Å². The summed E-state index contributed by atoms with van der Waals surface area (Å²) in [6.45, 7) is 7.58. The molecule has 178 valence electrons. The van der Waals surface area contributed by atoms with Gasteiger partial charge in [-0.05, 0) is 99.4 Å². The van der Waals surface area contributed by atoms with Crippen LogP contribution in [-0.2, 0) is 9.53 Å². The number of aliphatic hydroxyl groups is 1. The van der Waals surface area contributed by atoms with Crippen molar-refractivity contribution in [2.45, 2.75) is 90.2 Å². The van der Waals surface area contributed by atoms with Gasteiger partial charge in [0, 0.05) is 24.1 Å². The summed E-state index contributed by atoms with van der Waals surface area (Å²) in [5, 5.41) is 21.9. The molecule has 0 bridgehead atoms. The lowest BCUT2D eigenvalue weighted by atomic mass is 9.43. The molecule has 0 aromatic rings. The van der Waals surface area contributed by atoms with E-state index < -0.39 is 11.7 Å². The fourth-order valence-electron chi connectivity index (χ4n) is 9.22. The smallest absolute Gasteiger partial charge is 0.407 e. The van der Waals surface area contributed by atoms with Gasteiger partial charge in [0.15, 0.2) is 0 Å². The van der Waals surface area contributed by atoms with Crippen molar-refractivity contribution in [1.82, 2.24) is 4.90 Å². The summed E-state index contributed by atoms with van der Waals surface area (Å²) >= 11 is 0. The van der Waals surface area contributed by atoms with Gasteiger partial charge in [-0.2, -0.15) is 0 Å². The van der Waals surface area contributed by atoms with Crippen molar-refractivity contribution >= 4 is 12.1 Å². The molecule has 0 saturated heterocycles. The third-order valence-electron chi connectivity index (χ3n) is 11.0. The molecule has 1 amide bonds. The SMILES string of the molecule is CCN(C(=O)O)[C@H]1CC[C@@]2(C)[C@H](CC[C@@H]3[C@@H]2CC[C@]2(C)[C@@H](C4=CC(=O)OC4)CC[C@]32O)C1. The van der Waals surface area contributed by atoms with Crippen molar-refractivity contribution < 1.29 is 24.5 Å². The summed E-state index contributed by atoms with van der Waals surface area (Å²) in [7, 11) is 0. The minimum absolute atomic E-state index is 0.131. The van der Waals surface area contributed by atoms with E-state index in [2.05, 4.69) is 13.8 Å². The molecule has 5 rings (SSSR count). The normalized spacial score (nSPS) is 47.7. The Bertz CT molecular complexity index is 840. The van der Waals surface area contributed by atoms with E-state index in [0.717, 1.165) is 63.4 Å². The lowest BCUT2D eigenvalue weighted by Crippen LogP contribution is -2.62. The summed E-state index contributed by atoms with van der Waals surface area (Å²) in [5.41, 5.74) is 0.379. The van der Waals surface area contributed by atoms with Crippen LogP contribution in [0.4, 0.5) is 4.79 Å². The van der Waals surface area contributed by atoms with Crippen LogP contribution in [0.3, 0.4) is 0 Å². The Morgan fingerprint density at radius 1 is 1.12 bits per heavy atom. The number of hydrogen-bond acceptors (Lipinski definition) is 4. The lowest BCUT2D eigenvalue weighted by Gasteiger charge is -2.64. The summed E-state index contributed by atoms with van der Waals surface area (Å²) < 4.78 is 5.23. The van der Waals surface area contributed by atoms with Gasteiger partial charge in [-0.15, -0.1) is 0 Å². The summed E-state index contributed by atoms with van der Waals surface area (Å²) in [4.78, 5) is 25.1. The summed E-state index contributed by atoms with van der Waals surface area (Å²) in [6, 6.07) is 0.131. The van der Waals surface area contributed by atoms with Gasteiger partial charge in [-0.1, -0.05) is 13.8 Å². The number of cyclic esters (lactones) is 1. The van der Waals surface area contributed by atoms with E-state index in [9.17, 15) is 19.8 Å². The number of ether oxygens (including phenoxy) is 1. The number of rotatable bonds is 3. The Morgan fingerprint density at radius 3 is 2.56 bits per heavy atom. The van der Waals surface area contributed by atoms with Gasteiger partial charge in [0.25, 0.3) is 0 Å². The fourth-order valence-corrected chi connectivity index (χ4v) is 9.22. The number of carbonyl (C=O) groups is 2. The van der Waals surface area contributed by atoms with E-state index in [1.165, 1.54) is 0 Å². The highest BCUT2D eigenvalue weighted by molar-refractivity contribution is 5.85. The minimum Gasteiger partial charge on any atom is -0.465 e. The molecule has 0 unspecified atom stereocenters. The first-order valence-electron chi connectivity index (χ1n) is 12.7. The molecular formula is C26H39NO5. The van der Waals surface area contributed by atoms with Gasteiger partial charge >= 0.3 is 12.1 Å². The van der Waals surface area contributed by atoms with Crippen LogP contribution in [0.2, 0.25) is 0 Å². The highest BCUT2D eigenvalue weighted by Crippen LogP contribution is 2.70. The molecule has 0 radical (unpaired) electrons. The predicted octanol–water partition coefficient (Wildman–Crippen LogP) is 4.61. The van der Waals surface area contributed by atoms with Gasteiger partial charge in [0.2, 0.25) is 0 Å². The van der Waals surface area contributed by atoms with E-state index in [1.54, 1.807) is 11.0 Å². The monoisotopic (exact) mass is 445 g/mol.